The number of carbonyl (C=O) groups is 1. The Kier molecular flexibility index (Phi) is 7.49. The molecule has 0 saturated carbocycles. The highest BCUT2D eigenvalue weighted by Crippen LogP contribution is 2.42. The molecule has 0 fully saturated rings. The fourth-order valence-corrected chi connectivity index (χ4v) is 4.43. The van der Waals surface area contributed by atoms with Crippen molar-refractivity contribution in [3.63, 3.8) is 0 Å². The van der Waals surface area contributed by atoms with Gasteiger partial charge in [-0.25, -0.2) is 8.78 Å². The van der Waals surface area contributed by atoms with E-state index in [1.807, 2.05) is 27.0 Å². The third kappa shape index (κ3) is 5.25. The Labute approximate surface area is 195 Å². The molecule has 9 heteroatoms. The van der Waals surface area contributed by atoms with Crippen molar-refractivity contribution in [2.75, 3.05) is 6.26 Å². The third-order valence-corrected chi connectivity index (χ3v) is 8.17. The number of nitrogens with zero attached hydrogens (tertiary/aromatic N) is 1. The van der Waals surface area contributed by atoms with Crippen LogP contribution in [-0.2, 0) is 39.0 Å². The summed E-state index contributed by atoms with van der Waals surface area (Å²) in [6.07, 6.45) is 2.41. The van der Waals surface area contributed by atoms with E-state index in [1.54, 1.807) is 0 Å². The number of aliphatic hydroxyl groups is 1. The van der Waals surface area contributed by atoms with Gasteiger partial charge in [0.15, 0.2) is 4.75 Å². The Morgan fingerprint density at radius 2 is 2.16 bits per heavy atom. The molecule has 0 aliphatic heterocycles. The van der Waals surface area contributed by atoms with Crippen molar-refractivity contribution in [2.24, 2.45) is 0 Å². The molecule has 0 spiro atoms. The summed E-state index contributed by atoms with van der Waals surface area (Å²) in [4.78, 5) is 17.0. The smallest absolute Gasteiger partial charge is 0.262 e. The van der Waals surface area contributed by atoms with E-state index in [9.17, 15) is 14.3 Å². The van der Waals surface area contributed by atoms with E-state index in [2.05, 4.69) is 10.3 Å². The Bertz CT molecular complexity index is 1000. The predicted molar refractivity (Wildman–Crippen MR) is 122 cm³/mol. The quantitative estimate of drug-likeness (QED) is 0.584. The number of hydrogen-bond donors (Lipinski definition) is 2. The van der Waals surface area contributed by atoms with Crippen LogP contribution in [0.25, 0.3) is 0 Å². The van der Waals surface area contributed by atoms with E-state index in [-0.39, 0.29) is 47.0 Å². The topological polar surface area (TPSA) is 71.5 Å². The Morgan fingerprint density at radius 1 is 1.44 bits per heavy atom. The normalized spacial score (nSPS) is 21.7. The van der Waals surface area contributed by atoms with Crippen LogP contribution < -0.4 is 5.32 Å². The molecule has 3 atom stereocenters. The van der Waals surface area contributed by atoms with E-state index in [1.165, 1.54) is 24.4 Å². The minimum absolute atomic E-state index is 0.0604. The van der Waals surface area contributed by atoms with Gasteiger partial charge in [-0.1, -0.05) is 17.7 Å². The summed E-state index contributed by atoms with van der Waals surface area (Å²) in [7, 11) is 0. The summed E-state index contributed by atoms with van der Waals surface area (Å²) in [6, 6.07) is 5.46. The number of aromatic nitrogens is 1. The number of carbonyl (C=O) groups excluding carboxylic acids is 1. The number of hydrogen-bond acceptors (Lipinski definition) is 4. The average Bonchev–Trinajstić information content (AvgIpc) is 2.73. The fourth-order valence-electron chi connectivity index (χ4n) is 3.48. The summed E-state index contributed by atoms with van der Waals surface area (Å²) >= 11 is 5.86. The standard InChI is InChI=1S/C23H27ClF2N2O3S/c1-22(2,3)32(4)31-13-14-10-15(25)11-18(24)16(14)12-28-21(30)23(26)8-7-19(29)20-17(23)6-5-9-27-20/h5-6,9-11,19,29H,7-8,12-13H2,1-4H3/p+1/t19-,23-,32?/m0/s1. The molecule has 32 heavy (non-hydrogen) atoms. The van der Waals surface area contributed by atoms with Crippen molar-refractivity contribution in [3.05, 3.63) is 63.7 Å². The first-order chi connectivity index (χ1) is 14.9. The largest absolute Gasteiger partial charge is 0.387 e. The van der Waals surface area contributed by atoms with E-state index in [4.69, 9.17) is 15.8 Å². The molecule has 1 aromatic carbocycles. The van der Waals surface area contributed by atoms with Gasteiger partial charge in [0.05, 0.1) is 11.8 Å². The SMILES string of the molecule is C[S+](OCc1cc(F)cc(Cl)c1CNC(=O)[C@]1(F)CC[C@H](O)c2ncccc21)C(C)(C)C. The second-order valence-corrected chi connectivity index (χ2v) is 11.6. The zero-order chi connectivity index (χ0) is 23.7. The van der Waals surface area contributed by atoms with E-state index in [0.29, 0.717) is 11.1 Å². The lowest BCUT2D eigenvalue weighted by atomic mass is 9.81. The summed E-state index contributed by atoms with van der Waals surface area (Å²) in [5, 5.41) is 12.8. The molecular weight excluding hydrogens is 458 g/mol. The molecule has 0 bridgehead atoms. The molecule has 1 aliphatic carbocycles. The number of alkyl halides is 1. The number of nitrogens with one attached hydrogen (secondary N) is 1. The highest BCUT2D eigenvalue weighted by molar-refractivity contribution is 7.92. The lowest BCUT2D eigenvalue weighted by Gasteiger charge is -2.32. The molecular formula is C23H28ClF2N2O3S+. The third-order valence-electron chi connectivity index (χ3n) is 5.64. The number of benzene rings is 1. The molecule has 1 aliphatic rings. The van der Waals surface area contributed by atoms with Gasteiger partial charge in [0.2, 0.25) is 5.67 Å². The van der Waals surface area contributed by atoms with Crippen LogP contribution in [0.5, 0.6) is 0 Å². The van der Waals surface area contributed by atoms with Crippen LogP contribution in [0.1, 0.15) is 62.1 Å². The van der Waals surface area contributed by atoms with Crippen molar-refractivity contribution in [2.45, 2.75) is 63.3 Å². The highest BCUT2D eigenvalue weighted by Gasteiger charge is 2.46. The van der Waals surface area contributed by atoms with Crippen molar-refractivity contribution in [3.8, 4) is 0 Å². The molecule has 174 valence electrons. The number of halogens is 3. The molecule has 1 amide bonds. The van der Waals surface area contributed by atoms with Crippen molar-refractivity contribution >= 4 is 28.7 Å². The number of aliphatic hydroxyl groups excluding tert-OH is 1. The van der Waals surface area contributed by atoms with Gasteiger partial charge in [0, 0.05) is 23.3 Å². The highest BCUT2D eigenvalue weighted by atomic mass is 35.5. The fraction of sp³-hybridized carbons (Fsp3) is 0.478. The first kappa shape index (κ1) is 24.9. The van der Waals surface area contributed by atoms with Gasteiger partial charge in [0.1, 0.15) is 29.9 Å². The Morgan fingerprint density at radius 3 is 2.84 bits per heavy atom. The molecule has 1 heterocycles. The summed E-state index contributed by atoms with van der Waals surface area (Å²) < 4.78 is 35.6. The molecule has 0 saturated heterocycles. The van der Waals surface area contributed by atoms with Crippen LogP contribution in [0.4, 0.5) is 8.78 Å². The maximum absolute atomic E-state index is 15.8. The lowest BCUT2D eigenvalue weighted by Crippen LogP contribution is -2.44. The monoisotopic (exact) mass is 485 g/mol. The zero-order valence-corrected chi connectivity index (χ0v) is 20.1. The van der Waals surface area contributed by atoms with Gasteiger partial charge in [-0.05, 0) is 62.9 Å². The van der Waals surface area contributed by atoms with Crippen LogP contribution >= 0.6 is 11.6 Å². The maximum atomic E-state index is 15.8. The lowest BCUT2D eigenvalue weighted by molar-refractivity contribution is -0.135. The van der Waals surface area contributed by atoms with Crippen molar-refractivity contribution < 1.29 is 22.9 Å². The zero-order valence-electron chi connectivity index (χ0n) is 18.5. The van der Waals surface area contributed by atoms with E-state index in [0.717, 1.165) is 6.07 Å². The first-order valence-electron chi connectivity index (χ1n) is 10.3. The van der Waals surface area contributed by atoms with Gasteiger partial charge in [0.25, 0.3) is 5.91 Å². The molecule has 5 nitrogen and oxygen atoms in total. The minimum Gasteiger partial charge on any atom is -0.387 e. The van der Waals surface area contributed by atoms with E-state index >= 15 is 4.39 Å². The molecule has 1 aromatic heterocycles. The summed E-state index contributed by atoms with van der Waals surface area (Å²) in [6.45, 7) is 6.16. The van der Waals surface area contributed by atoms with Crippen LogP contribution in [0.2, 0.25) is 5.02 Å². The average molecular weight is 486 g/mol. The Balaban J connectivity index is 1.80. The van der Waals surface area contributed by atoms with Gasteiger partial charge in [-0.3, -0.25) is 9.78 Å². The number of fused-ring (bicyclic) bond motifs is 1. The van der Waals surface area contributed by atoms with Crippen LogP contribution in [0.15, 0.2) is 30.5 Å². The van der Waals surface area contributed by atoms with Crippen LogP contribution in [-0.4, -0.2) is 27.0 Å². The van der Waals surface area contributed by atoms with Crippen LogP contribution in [0, 0.1) is 5.82 Å². The number of amides is 1. The molecule has 1 unspecified atom stereocenters. The van der Waals surface area contributed by atoms with Crippen LogP contribution in [0.3, 0.4) is 0 Å². The minimum atomic E-state index is -2.33. The number of pyridine rings is 1. The molecule has 0 radical (unpaired) electrons. The Hall–Kier alpha value is -1.74. The molecule has 3 rings (SSSR count). The van der Waals surface area contributed by atoms with Crippen molar-refractivity contribution in [1.82, 2.24) is 10.3 Å². The second kappa shape index (κ2) is 9.63. The number of rotatable bonds is 6. The summed E-state index contributed by atoms with van der Waals surface area (Å²) in [5.74, 6) is -1.37. The van der Waals surface area contributed by atoms with E-state index < -0.39 is 34.7 Å². The van der Waals surface area contributed by atoms with Gasteiger partial charge >= 0.3 is 0 Å². The summed E-state index contributed by atoms with van der Waals surface area (Å²) in [5.41, 5.74) is -1.13. The van der Waals surface area contributed by atoms with Gasteiger partial charge in [-0.15, -0.1) is 0 Å². The second-order valence-electron chi connectivity index (χ2n) is 8.83. The maximum Gasteiger partial charge on any atom is 0.262 e. The first-order valence-corrected chi connectivity index (χ1v) is 12.2. The predicted octanol–water partition coefficient (Wildman–Crippen LogP) is 4.66. The van der Waals surface area contributed by atoms with Gasteiger partial charge in [-0.2, -0.15) is 4.18 Å². The van der Waals surface area contributed by atoms with Gasteiger partial charge < -0.3 is 10.4 Å². The molecule has 2 aromatic rings. The van der Waals surface area contributed by atoms with Crippen molar-refractivity contribution in [1.29, 1.82) is 0 Å². The molecule has 2 N–H and O–H groups in total.